The fraction of sp³-hybridized carbons (Fsp3) is 0.421. The van der Waals surface area contributed by atoms with E-state index >= 15 is 0 Å². The van der Waals surface area contributed by atoms with Crippen LogP contribution in [0, 0.1) is 11.8 Å². The van der Waals surface area contributed by atoms with Gasteiger partial charge in [-0.2, -0.15) is 17.6 Å². The van der Waals surface area contributed by atoms with E-state index in [-0.39, 0.29) is 16.9 Å². The van der Waals surface area contributed by atoms with Gasteiger partial charge < -0.3 is 9.84 Å². The number of hydrogen-bond donors (Lipinski definition) is 1. The van der Waals surface area contributed by atoms with Crippen molar-refractivity contribution in [3.8, 4) is 5.75 Å². The lowest BCUT2D eigenvalue weighted by Gasteiger charge is -2.38. The first-order valence-corrected chi connectivity index (χ1v) is 8.11. The fourth-order valence-corrected chi connectivity index (χ4v) is 3.19. The van der Waals surface area contributed by atoms with Crippen LogP contribution >= 0.6 is 0 Å². The molecule has 1 N–H and O–H groups in total. The number of benzene rings is 1. The summed E-state index contributed by atoms with van der Waals surface area (Å²) in [6.07, 6.45) is -5.61. The molecule has 0 amide bonds. The topological polar surface area (TPSA) is 42.4 Å². The number of hydrogen-bond acceptors (Lipinski definition) is 3. The first-order chi connectivity index (χ1) is 12.4. The second-order valence-electron chi connectivity index (χ2n) is 7.10. The molecule has 0 saturated heterocycles. The van der Waals surface area contributed by atoms with E-state index in [0.717, 1.165) is 24.4 Å². The van der Waals surface area contributed by atoms with Crippen molar-refractivity contribution in [1.29, 1.82) is 0 Å². The SMILES string of the molecule is COc1ccc(F)cc1C(C)(C)CC(O)(Cc1ccnc(F)c1)C(F)(F)F. The number of halogens is 5. The van der Waals surface area contributed by atoms with Gasteiger partial charge in [-0.3, -0.25) is 0 Å². The maximum atomic E-state index is 13.7. The van der Waals surface area contributed by atoms with Crippen LogP contribution in [-0.2, 0) is 11.8 Å². The molecule has 2 rings (SSSR count). The normalized spacial score (nSPS) is 14.7. The Morgan fingerprint density at radius 2 is 1.74 bits per heavy atom. The van der Waals surface area contributed by atoms with Crippen LogP contribution in [0.2, 0.25) is 0 Å². The van der Waals surface area contributed by atoms with Gasteiger partial charge in [-0.25, -0.2) is 9.37 Å². The van der Waals surface area contributed by atoms with Crippen LogP contribution in [0.4, 0.5) is 22.0 Å². The van der Waals surface area contributed by atoms with Crippen molar-refractivity contribution in [1.82, 2.24) is 4.98 Å². The Labute approximate surface area is 153 Å². The molecule has 3 nitrogen and oxygen atoms in total. The van der Waals surface area contributed by atoms with Crippen molar-refractivity contribution < 1.29 is 31.8 Å². The second-order valence-corrected chi connectivity index (χ2v) is 7.10. The molecular weight excluding hydrogens is 369 g/mol. The molecule has 8 heteroatoms. The molecule has 27 heavy (non-hydrogen) atoms. The first kappa shape index (κ1) is 21.1. The number of ether oxygens (including phenoxy) is 1. The summed E-state index contributed by atoms with van der Waals surface area (Å²) in [6.45, 7) is 2.91. The van der Waals surface area contributed by atoms with E-state index in [1.165, 1.54) is 33.1 Å². The van der Waals surface area contributed by atoms with Gasteiger partial charge in [-0.15, -0.1) is 0 Å². The number of nitrogens with zero attached hydrogens (tertiary/aromatic N) is 1. The molecule has 0 radical (unpaired) electrons. The number of methoxy groups -OCH3 is 1. The van der Waals surface area contributed by atoms with Gasteiger partial charge in [0, 0.05) is 18.2 Å². The third kappa shape index (κ3) is 4.74. The molecule has 1 heterocycles. The highest BCUT2D eigenvalue weighted by Crippen LogP contribution is 2.45. The first-order valence-electron chi connectivity index (χ1n) is 8.11. The average molecular weight is 389 g/mol. The van der Waals surface area contributed by atoms with Crippen LogP contribution in [0.25, 0.3) is 0 Å². The lowest BCUT2D eigenvalue weighted by molar-refractivity contribution is -0.266. The molecule has 0 aliphatic carbocycles. The average Bonchev–Trinajstić information content (AvgIpc) is 2.53. The van der Waals surface area contributed by atoms with Crippen molar-refractivity contribution in [2.45, 2.75) is 43.9 Å². The number of aromatic nitrogens is 1. The maximum Gasteiger partial charge on any atom is 0.417 e. The van der Waals surface area contributed by atoms with Gasteiger partial charge in [-0.05, 0) is 47.7 Å². The Kier molecular flexibility index (Phi) is 5.79. The summed E-state index contributed by atoms with van der Waals surface area (Å²) < 4.78 is 73.3. The van der Waals surface area contributed by atoms with E-state index in [1.807, 2.05) is 0 Å². The van der Waals surface area contributed by atoms with E-state index in [2.05, 4.69) is 4.98 Å². The predicted octanol–water partition coefficient (Wildman–Crippen LogP) is 4.57. The highest BCUT2D eigenvalue weighted by atomic mass is 19.4. The largest absolute Gasteiger partial charge is 0.496 e. The van der Waals surface area contributed by atoms with Gasteiger partial charge in [-0.1, -0.05) is 13.8 Å². The minimum Gasteiger partial charge on any atom is -0.496 e. The van der Waals surface area contributed by atoms with Crippen LogP contribution in [-0.4, -0.2) is 29.0 Å². The molecule has 148 valence electrons. The molecule has 0 aliphatic heterocycles. The monoisotopic (exact) mass is 389 g/mol. The van der Waals surface area contributed by atoms with E-state index in [1.54, 1.807) is 0 Å². The number of aliphatic hydroxyl groups is 1. The Morgan fingerprint density at radius 3 is 2.30 bits per heavy atom. The van der Waals surface area contributed by atoms with E-state index in [4.69, 9.17) is 4.74 Å². The summed E-state index contributed by atoms with van der Waals surface area (Å²) in [4.78, 5) is 3.30. The van der Waals surface area contributed by atoms with Gasteiger partial charge in [0.1, 0.15) is 11.6 Å². The van der Waals surface area contributed by atoms with Gasteiger partial charge in [0.15, 0.2) is 5.60 Å². The molecule has 0 fully saturated rings. The minimum absolute atomic E-state index is 0.0515. The van der Waals surface area contributed by atoms with Crippen molar-refractivity contribution in [2.24, 2.45) is 0 Å². The lowest BCUT2D eigenvalue weighted by atomic mass is 9.72. The van der Waals surface area contributed by atoms with Crippen molar-refractivity contribution in [2.75, 3.05) is 7.11 Å². The molecule has 1 aromatic heterocycles. The highest BCUT2D eigenvalue weighted by molar-refractivity contribution is 5.40. The second kappa shape index (κ2) is 7.42. The Balaban J connectivity index is 2.45. The van der Waals surface area contributed by atoms with E-state index in [0.29, 0.717) is 0 Å². The molecule has 1 atom stereocenters. The predicted molar refractivity (Wildman–Crippen MR) is 89.5 cm³/mol. The van der Waals surface area contributed by atoms with E-state index in [9.17, 15) is 27.1 Å². The molecule has 2 aromatic rings. The molecule has 0 spiro atoms. The summed E-state index contributed by atoms with van der Waals surface area (Å²) in [5, 5.41) is 10.5. The maximum absolute atomic E-state index is 13.7. The van der Waals surface area contributed by atoms with Crippen molar-refractivity contribution in [3.05, 3.63) is 59.4 Å². The molecule has 1 aromatic carbocycles. The number of pyridine rings is 1. The van der Waals surface area contributed by atoms with Crippen LogP contribution in [0.5, 0.6) is 5.75 Å². The summed E-state index contributed by atoms with van der Waals surface area (Å²) in [5.74, 6) is -1.37. The molecule has 0 bridgehead atoms. The summed E-state index contributed by atoms with van der Waals surface area (Å²) in [6, 6.07) is 5.58. The third-order valence-electron chi connectivity index (χ3n) is 4.44. The standard InChI is InChI=1S/C19H20F5NO2/c1-17(2,14-9-13(20)4-5-15(14)27-3)11-18(26,19(22,23)24)10-12-6-7-25-16(21)8-12/h4-9,26H,10-11H2,1-3H3. The van der Waals surface area contributed by atoms with Crippen molar-refractivity contribution in [3.63, 3.8) is 0 Å². The quantitative estimate of drug-likeness (QED) is 0.581. The van der Waals surface area contributed by atoms with Gasteiger partial charge in [0.05, 0.1) is 7.11 Å². The van der Waals surface area contributed by atoms with Crippen LogP contribution in [0.3, 0.4) is 0 Å². The zero-order valence-corrected chi connectivity index (χ0v) is 15.1. The van der Waals surface area contributed by atoms with Crippen LogP contribution in [0.15, 0.2) is 36.5 Å². The van der Waals surface area contributed by atoms with Crippen LogP contribution in [0.1, 0.15) is 31.4 Å². The van der Waals surface area contributed by atoms with E-state index < -0.39 is 41.8 Å². The Bertz CT molecular complexity index is 807. The molecular formula is C19H20F5NO2. The van der Waals surface area contributed by atoms with Crippen LogP contribution < -0.4 is 4.74 Å². The van der Waals surface area contributed by atoms with Gasteiger partial charge >= 0.3 is 6.18 Å². The summed E-state index contributed by atoms with van der Waals surface area (Å²) in [5.41, 5.74) is -4.33. The lowest BCUT2D eigenvalue weighted by Crippen LogP contribution is -2.50. The smallest absolute Gasteiger partial charge is 0.417 e. The zero-order valence-electron chi connectivity index (χ0n) is 15.1. The molecule has 0 aliphatic rings. The van der Waals surface area contributed by atoms with Crippen molar-refractivity contribution >= 4 is 0 Å². The zero-order chi connectivity index (χ0) is 20.5. The van der Waals surface area contributed by atoms with Gasteiger partial charge in [0.25, 0.3) is 0 Å². The summed E-state index contributed by atoms with van der Waals surface area (Å²) in [7, 11) is 1.32. The number of alkyl halides is 3. The van der Waals surface area contributed by atoms with Gasteiger partial charge in [0.2, 0.25) is 5.95 Å². The highest BCUT2D eigenvalue weighted by Gasteiger charge is 2.56. The number of rotatable bonds is 6. The molecule has 0 saturated carbocycles. The third-order valence-corrected chi connectivity index (χ3v) is 4.44. The summed E-state index contributed by atoms with van der Waals surface area (Å²) >= 11 is 0. The Morgan fingerprint density at radius 1 is 1.07 bits per heavy atom. The fourth-order valence-electron chi connectivity index (χ4n) is 3.19. The molecule has 1 unspecified atom stereocenters. The minimum atomic E-state index is -5.00. The Hall–Kier alpha value is -2.22.